The van der Waals surface area contributed by atoms with Crippen LogP contribution in [0, 0.1) is 23.2 Å². The van der Waals surface area contributed by atoms with E-state index in [2.05, 4.69) is 6.07 Å². The highest BCUT2D eigenvalue weighted by atomic mass is 16.2. The number of rotatable bonds is 0. The van der Waals surface area contributed by atoms with E-state index in [4.69, 9.17) is 5.26 Å². The molecule has 1 aliphatic carbocycles. The Morgan fingerprint density at radius 1 is 1.53 bits per heavy atom. The predicted molar refractivity (Wildman–Crippen MR) is 52.6 cm³/mol. The second-order valence-corrected chi connectivity index (χ2v) is 4.34. The van der Waals surface area contributed by atoms with Crippen molar-refractivity contribution in [1.82, 2.24) is 4.90 Å². The lowest BCUT2D eigenvalue weighted by molar-refractivity contribution is -0.133. The highest BCUT2D eigenvalue weighted by Gasteiger charge is 2.46. The number of hydrogen-bond acceptors (Lipinski definition) is 3. The lowest BCUT2D eigenvalue weighted by Gasteiger charge is -2.33. The van der Waals surface area contributed by atoms with Crippen molar-refractivity contribution in [2.75, 3.05) is 6.54 Å². The lowest BCUT2D eigenvalue weighted by Crippen LogP contribution is -2.46. The van der Waals surface area contributed by atoms with E-state index in [-0.39, 0.29) is 29.6 Å². The third-order valence-electron chi connectivity index (χ3n) is 3.55. The summed E-state index contributed by atoms with van der Waals surface area (Å²) < 4.78 is 0. The third-order valence-corrected chi connectivity index (χ3v) is 3.55. The molecule has 0 aromatic rings. The normalized spacial score (nSPS) is 34.8. The van der Waals surface area contributed by atoms with Crippen molar-refractivity contribution in [2.24, 2.45) is 11.8 Å². The Bertz CT molecular complexity index is 339. The van der Waals surface area contributed by atoms with Gasteiger partial charge in [-0.25, -0.2) is 0 Å². The number of ketones is 1. The molecule has 3 unspecified atom stereocenters. The zero-order valence-electron chi connectivity index (χ0n) is 8.77. The second kappa shape index (κ2) is 3.65. The average molecular weight is 206 g/mol. The Hall–Kier alpha value is -1.37. The minimum absolute atomic E-state index is 0.0163. The molecule has 2 rings (SSSR count). The first-order valence-corrected chi connectivity index (χ1v) is 5.34. The SMILES string of the molecule is CC(=O)N1CCC2C(=O)CCC(C#N)C21. The van der Waals surface area contributed by atoms with E-state index < -0.39 is 0 Å². The summed E-state index contributed by atoms with van der Waals surface area (Å²) in [6.45, 7) is 2.14. The van der Waals surface area contributed by atoms with Gasteiger partial charge in [-0.3, -0.25) is 9.59 Å². The van der Waals surface area contributed by atoms with Gasteiger partial charge >= 0.3 is 0 Å². The molecule has 2 fully saturated rings. The molecular formula is C11H14N2O2. The van der Waals surface area contributed by atoms with E-state index in [0.717, 1.165) is 6.42 Å². The maximum Gasteiger partial charge on any atom is 0.219 e. The van der Waals surface area contributed by atoms with Gasteiger partial charge in [0.1, 0.15) is 5.78 Å². The summed E-state index contributed by atoms with van der Waals surface area (Å²) in [6, 6.07) is 2.09. The molecule has 0 aromatic heterocycles. The lowest BCUT2D eigenvalue weighted by atomic mass is 9.77. The Labute approximate surface area is 88.9 Å². The molecule has 15 heavy (non-hydrogen) atoms. The first kappa shape index (κ1) is 10.2. The summed E-state index contributed by atoms with van der Waals surface area (Å²) in [6.07, 6.45) is 1.85. The van der Waals surface area contributed by atoms with E-state index in [1.54, 1.807) is 4.90 Å². The number of nitriles is 1. The van der Waals surface area contributed by atoms with Gasteiger partial charge in [0.2, 0.25) is 5.91 Å². The minimum Gasteiger partial charge on any atom is -0.338 e. The molecule has 0 aromatic carbocycles. The van der Waals surface area contributed by atoms with Crippen LogP contribution in [0.15, 0.2) is 0 Å². The van der Waals surface area contributed by atoms with Crippen LogP contribution in [0.3, 0.4) is 0 Å². The molecule has 1 saturated heterocycles. The summed E-state index contributed by atoms with van der Waals surface area (Å²) in [5, 5.41) is 9.02. The number of likely N-dealkylation sites (tertiary alicyclic amines) is 1. The van der Waals surface area contributed by atoms with E-state index in [0.29, 0.717) is 19.4 Å². The molecule has 1 aliphatic heterocycles. The Morgan fingerprint density at radius 3 is 2.87 bits per heavy atom. The van der Waals surface area contributed by atoms with Crippen LogP contribution < -0.4 is 0 Å². The maximum absolute atomic E-state index is 11.7. The van der Waals surface area contributed by atoms with Crippen LogP contribution >= 0.6 is 0 Å². The van der Waals surface area contributed by atoms with Gasteiger partial charge in [-0.2, -0.15) is 5.26 Å². The van der Waals surface area contributed by atoms with Crippen LogP contribution in [-0.4, -0.2) is 29.2 Å². The van der Waals surface area contributed by atoms with Crippen molar-refractivity contribution >= 4 is 11.7 Å². The smallest absolute Gasteiger partial charge is 0.219 e. The fraction of sp³-hybridized carbons (Fsp3) is 0.727. The molecule has 1 saturated carbocycles. The first-order valence-electron chi connectivity index (χ1n) is 5.34. The fourth-order valence-electron chi connectivity index (χ4n) is 2.83. The van der Waals surface area contributed by atoms with Gasteiger partial charge in [0.05, 0.1) is 18.0 Å². The van der Waals surface area contributed by atoms with E-state index in [1.165, 1.54) is 6.92 Å². The second-order valence-electron chi connectivity index (χ2n) is 4.34. The van der Waals surface area contributed by atoms with Gasteiger partial charge in [-0.15, -0.1) is 0 Å². The van der Waals surface area contributed by atoms with Gasteiger partial charge in [-0.05, 0) is 12.8 Å². The number of carbonyl (C=O) groups is 2. The molecule has 1 amide bonds. The quantitative estimate of drug-likeness (QED) is 0.587. The predicted octanol–water partition coefficient (Wildman–Crippen LogP) is 0.726. The van der Waals surface area contributed by atoms with Crippen LogP contribution in [0.5, 0.6) is 0 Å². The monoisotopic (exact) mass is 206 g/mol. The number of hydrogen-bond donors (Lipinski definition) is 0. The van der Waals surface area contributed by atoms with Gasteiger partial charge in [0.25, 0.3) is 0 Å². The third kappa shape index (κ3) is 1.52. The van der Waals surface area contributed by atoms with Crippen LogP contribution in [0.25, 0.3) is 0 Å². The zero-order chi connectivity index (χ0) is 11.0. The molecule has 4 heteroatoms. The highest BCUT2D eigenvalue weighted by Crippen LogP contribution is 2.37. The van der Waals surface area contributed by atoms with Crippen molar-refractivity contribution in [3.8, 4) is 6.07 Å². The molecule has 0 bridgehead atoms. The molecule has 0 N–H and O–H groups in total. The molecule has 1 heterocycles. The molecule has 0 radical (unpaired) electrons. The Balaban J connectivity index is 2.27. The fourth-order valence-corrected chi connectivity index (χ4v) is 2.83. The molecular weight excluding hydrogens is 192 g/mol. The van der Waals surface area contributed by atoms with E-state index in [9.17, 15) is 9.59 Å². The maximum atomic E-state index is 11.7. The van der Waals surface area contributed by atoms with Crippen molar-refractivity contribution in [2.45, 2.75) is 32.2 Å². The molecule has 80 valence electrons. The summed E-state index contributed by atoms with van der Waals surface area (Å²) in [4.78, 5) is 24.7. The zero-order valence-corrected chi connectivity index (χ0v) is 8.77. The molecule has 2 aliphatic rings. The van der Waals surface area contributed by atoms with Gasteiger partial charge in [-0.1, -0.05) is 0 Å². The van der Waals surface area contributed by atoms with Crippen LogP contribution in [-0.2, 0) is 9.59 Å². The first-order chi connectivity index (χ1) is 7.15. The highest BCUT2D eigenvalue weighted by molar-refractivity contribution is 5.85. The van der Waals surface area contributed by atoms with Crippen LogP contribution in [0.4, 0.5) is 0 Å². The van der Waals surface area contributed by atoms with Crippen molar-refractivity contribution in [1.29, 1.82) is 5.26 Å². The average Bonchev–Trinajstić information content (AvgIpc) is 2.64. The van der Waals surface area contributed by atoms with Gasteiger partial charge in [0.15, 0.2) is 0 Å². The van der Waals surface area contributed by atoms with E-state index in [1.807, 2.05) is 0 Å². The van der Waals surface area contributed by atoms with Crippen molar-refractivity contribution < 1.29 is 9.59 Å². The number of carbonyl (C=O) groups excluding carboxylic acids is 2. The minimum atomic E-state index is -0.154. The Kier molecular flexibility index (Phi) is 2.47. The standard InChI is InChI=1S/C11H14N2O2/c1-7(14)13-5-4-9-10(15)3-2-8(6-12)11(9)13/h8-9,11H,2-5H2,1H3. The van der Waals surface area contributed by atoms with Gasteiger partial charge < -0.3 is 4.90 Å². The number of Topliss-reactive ketones (excluding diaryl/α,β-unsaturated/α-hetero) is 1. The Morgan fingerprint density at radius 2 is 2.27 bits per heavy atom. The summed E-state index contributed by atoms with van der Waals surface area (Å²) >= 11 is 0. The summed E-state index contributed by atoms with van der Waals surface area (Å²) in [5.41, 5.74) is 0. The summed E-state index contributed by atoms with van der Waals surface area (Å²) in [7, 11) is 0. The molecule has 3 atom stereocenters. The molecule has 4 nitrogen and oxygen atoms in total. The summed E-state index contributed by atoms with van der Waals surface area (Å²) in [5.74, 6) is -0.0147. The van der Waals surface area contributed by atoms with E-state index >= 15 is 0 Å². The topological polar surface area (TPSA) is 61.2 Å². The number of fused-ring (bicyclic) bond motifs is 1. The van der Waals surface area contributed by atoms with Crippen LogP contribution in [0.1, 0.15) is 26.2 Å². The largest absolute Gasteiger partial charge is 0.338 e. The number of amides is 1. The van der Waals surface area contributed by atoms with Crippen molar-refractivity contribution in [3.63, 3.8) is 0 Å². The van der Waals surface area contributed by atoms with Crippen molar-refractivity contribution in [3.05, 3.63) is 0 Å². The van der Waals surface area contributed by atoms with Crippen LogP contribution in [0.2, 0.25) is 0 Å². The number of nitrogens with zero attached hydrogens (tertiary/aromatic N) is 2. The molecule has 0 spiro atoms. The van der Waals surface area contributed by atoms with Gasteiger partial charge in [0, 0.05) is 25.8 Å².